The summed E-state index contributed by atoms with van der Waals surface area (Å²) >= 11 is 0. The molecule has 1 aliphatic carbocycles. The van der Waals surface area contributed by atoms with Crippen molar-refractivity contribution >= 4 is 15.7 Å². The Labute approximate surface area is 178 Å². The maximum absolute atomic E-state index is 11.3. The van der Waals surface area contributed by atoms with Gasteiger partial charge in [-0.15, -0.1) is 0 Å². The number of sulfonamides is 1. The molecule has 6 nitrogen and oxygen atoms in total. The molecule has 0 radical (unpaired) electrons. The van der Waals surface area contributed by atoms with Crippen molar-refractivity contribution in [2.45, 2.75) is 31.0 Å². The predicted molar refractivity (Wildman–Crippen MR) is 118 cm³/mol. The Morgan fingerprint density at radius 3 is 2.23 bits per heavy atom. The third-order valence-corrected chi connectivity index (χ3v) is 6.95. The minimum Gasteiger partial charge on any atom is -0.390 e. The quantitative estimate of drug-likeness (QED) is 0.628. The number of rotatable bonds is 7. The molecule has 1 aliphatic heterocycles. The van der Waals surface area contributed by atoms with Crippen molar-refractivity contribution in [3.63, 3.8) is 0 Å². The van der Waals surface area contributed by atoms with E-state index in [-0.39, 0.29) is 0 Å². The van der Waals surface area contributed by atoms with Crippen LogP contribution in [0.5, 0.6) is 0 Å². The highest BCUT2D eigenvalue weighted by Crippen LogP contribution is 2.45. The Morgan fingerprint density at radius 2 is 1.67 bits per heavy atom. The molecule has 2 fully saturated rings. The molecule has 162 valence electrons. The van der Waals surface area contributed by atoms with Crippen LogP contribution in [-0.4, -0.2) is 55.0 Å². The summed E-state index contributed by atoms with van der Waals surface area (Å²) in [6.45, 7) is 2.34. The van der Waals surface area contributed by atoms with Crippen LogP contribution in [0, 0.1) is 11.8 Å². The van der Waals surface area contributed by atoms with E-state index in [1.54, 1.807) is 24.3 Å². The molecule has 4 atom stereocenters. The van der Waals surface area contributed by atoms with E-state index in [9.17, 15) is 18.6 Å². The molecular weight excluding hydrogens is 400 g/mol. The summed E-state index contributed by atoms with van der Waals surface area (Å²) in [7, 11) is -3.31. The zero-order valence-corrected chi connectivity index (χ0v) is 18.1. The Balaban J connectivity index is 1.30. The molecule has 0 aromatic heterocycles. The molecule has 3 N–H and O–H groups in total. The SMILES string of the molecule is CS(=O)(=O)Nc1ccc(C(O)CN2C[C@@H]3C[C@](O)(Cc4ccccc4)C[C@@H]3C2)cc1. The lowest BCUT2D eigenvalue weighted by Crippen LogP contribution is -2.33. The fourth-order valence-electron chi connectivity index (χ4n) is 5.16. The van der Waals surface area contributed by atoms with Gasteiger partial charge in [-0.3, -0.25) is 9.62 Å². The van der Waals surface area contributed by atoms with Crippen molar-refractivity contribution in [2.24, 2.45) is 11.8 Å². The molecule has 1 saturated carbocycles. The van der Waals surface area contributed by atoms with Crippen molar-refractivity contribution < 1.29 is 18.6 Å². The fraction of sp³-hybridized carbons (Fsp3) is 0.478. The summed E-state index contributed by atoms with van der Waals surface area (Å²) in [5, 5.41) is 21.7. The van der Waals surface area contributed by atoms with Gasteiger partial charge in [-0.05, 0) is 47.9 Å². The average molecular weight is 431 g/mol. The van der Waals surface area contributed by atoms with Gasteiger partial charge in [-0.25, -0.2) is 8.42 Å². The second-order valence-electron chi connectivity index (χ2n) is 9.05. The molecule has 0 bridgehead atoms. The average Bonchev–Trinajstić information content (AvgIpc) is 3.15. The molecule has 0 amide bonds. The first kappa shape index (κ1) is 21.3. The Morgan fingerprint density at radius 1 is 1.07 bits per heavy atom. The first-order valence-corrected chi connectivity index (χ1v) is 12.3. The van der Waals surface area contributed by atoms with E-state index in [0.717, 1.165) is 37.8 Å². The van der Waals surface area contributed by atoms with Crippen molar-refractivity contribution in [2.75, 3.05) is 30.6 Å². The highest BCUT2D eigenvalue weighted by atomic mass is 32.2. The number of aliphatic hydroxyl groups is 2. The van der Waals surface area contributed by atoms with Crippen LogP contribution in [0.3, 0.4) is 0 Å². The van der Waals surface area contributed by atoms with Crippen molar-refractivity contribution in [3.05, 3.63) is 65.7 Å². The zero-order chi connectivity index (χ0) is 21.4. The van der Waals surface area contributed by atoms with Crippen LogP contribution in [0.2, 0.25) is 0 Å². The fourth-order valence-corrected chi connectivity index (χ4v) is 5.73. The molecular formula is C23H30N2O4S. The minimum atomic E-state index is -3.31. The molecule has 0 spiro atoms. The maximum Gasteiger partial charge on any atom is 0.229 e. The van der Waals surface area contributed by atoms with Crippen LogP contribution < -0.4 is 4.72 Å². The van der Waals surface area contributed by atoms with Gasteiger partial charge in [-0.2, -0.15) is 0 Å². The number of hydrogen-bond acceptors (Lipinski definition) is 5. The zero-order valence-electron chi connectivity index (χ0n) is 17.2. The maximum atomic E-state index is 11.3. The van der Waals surface area contributed by atoms with E-state index in [1.165, 1.54) is 5.56 Å². The van der Waals surface area contributed by atoms with E-state index in [1.807, 2.05) is 18.2 Å². The molecule has 1 unspecified atom stereocenters. The van der Waals surface area contributed by atoms with Crippen molar-refractivity contribution in [1.29, 1.82) is 0 Å². The summed E-state index contributed by atoms with van der Waals surface area (Å²) in [5.41, 5.74) is 1.82. The van der Waals surface area contributed by atoms with Gasteiger partial charge in [0.15, 0.2) is 0 Å². The number of fused-ring (bicyclic) bond motifs is 1. The highest BCUT2D eigenvalue weighted by molar-refractivity contribution is 7.92. The van der Waals surface area contributed by atoms with Gasteiger partial charge in [-0.1, -0.05) is 42.5 Å². The number of benzene rings is 2. The van der Waals surface area contributed by atoms with E-state index in [4.69, 9.17) is 0 Å². The van der Waals surface area contributed by atoms with Crippen LogP contribution in [0.25, 0.3) is 0 Å². The third kappa shape index (κ3) is 5.21. The first-order chi connectivity index (χ1) is 14.2. The van der Waals surface area contributed by atoms with Crippen LogP contribution in [0.15, 0.2) is 54.6 Å². The molecule has 2 aromatic rings. The number of nitrogens with one attached hydrogen (secondary N) is 1. The number of anilines is 1. The monoisotopic (exact) mass is 430 g/mol. The van der Waals surface area contributed by atoms with Gasteiger partial charge >= 0.3 is 0 Å². The molecule has 1 saturated heterocycles. The molecule has 30 heavy (non-hydrogen) atoms. The summed E-state index contributed by atoms with van der Waals surface area (Å²) in [4.78, 5) is 2.28. The normalized spacial score (nSPS) is 27.7. The largest absolute Gasteiger partial charge is 0.390 e. The van der Waals surface area contributed by atoms with Crippen LogP contribution in [0.4, 0.5) is 5.69 Å². The molecule has 2 aromatic carbocycles. The van der Waals surface area contributed by atoms with Crippen molar-refractivity contribution in [1.82, 2.24) is 4.90 Å². The summed E-state index contributed by atoms with van der Waals surface area (Å²) in [6.07, 6.45) is 2.81. The highest BCUT2D eigenvalue weighted by Gasteiger charge is 2.48. The Kier molecular flexibility index (Phi) is 5.90. The minimum absolute atomic E-state index is 0.465. The standard InChI is InChI=1S/C23H30N2O4S/c1-30(28,29)24-21-9-7-18(8-10-21)22(26)16-25-14-19-12-23(27,13-20(19)15-25)11-17-5-3-2-4-6-17/h2-10,19-20,22,24,26-27H,11-16H2,1H3/t19-,20+,22?,23+. The lowest BCUT2D eigenvalue weighted by atomic mass is 9.91. The van der Waals surface area contributed by atoms with Gasteiger partial charge in [0.25, 0.3) is 0 Å². The topological polar surface area (TPSA) is 89.9 Å². The van der Waals surface area contributed by atoms with Gasteiger partial charge in [0.1, 0.15) is 0 Å². The summed E-state index contributed by atoms with van der Waals surface area (Å²) < 4.78 is 25.0. The lowest BCUT2D eigenvalue weighted by Gasteiger charge is -2.27. The molecule has 4 rings (SSSR count). The number of hydrogen-bond donors (Lipinski definition) is 3. The third-order valence-electron chi connectivity index (χ3n) is 6.34. The van der Waals surface area contributed by atoms with Crippen LogP contribution >= 0.6 is 0 Å². The second kappa shape index (κ2) is 8.30. The summed E-state index contributed by atoms with van der Waals surface area (Å²) in [6, 6.07) is 17.0. The van der Waals surface area contributed by atoms with Crippen molar-refractivity contribution in [3.8, 4) is 0 Å². The van der Waals surface area contributed by atoms with Gasteiger partial charge in [0.05, 0.1) is 18.0 Å². The van der Waals surface area contributed by atoms with Crippen LogP contribution in [-0.2, 0) is 16.4 Å². The van der Waals surface area contributed by atoms with Gasteiger partial charge in [0, 0.05) is 31.7 Å². The summed E-state index contributed by atoms with van der Waals surface area (Å²) in [5.74, 6) is 0.930. The second-order valence-corrected chi connectivity index (χ2v) is 10.8. The number of nitrogens with zero attached hydrogens (tertiary/aromatic N) is 1. The predicted octanol–water partition coefficient (Wildman–Crippen LogP) is 2.41. The Bertz CT molecular complexity index is 948. The molecule has 2 aliphatic rings. The van der Waals surface area contributed by atoms with E-state index >= 15 is 0 Å². The van der Waals surface area contributed by atoms with E-state index in [2.05, 4.69) is 21.8 Å². The number of aliphatic hydroxyl groups excluding tert-OH is 1. The van der Waals surface area contributed by atoms with E-state index < -0.39 is 21.7 Å². The smallest absolute Gasteiger partial charge is 0.229 e. The number of β-amino-alcohol motifs (C(OH)–C–C–N with tert-alkyl or cyclic N) is 1. The number of likely N-dealkylation sites (tertiary alicyclic amines) is 1. The van der Waals surface area contributed by atoms with Gasteiger partial charge < -0.3 is 10.2 Å². The molecule has 1 heterocycles. The van der Waals surface area contributed by atoms with Crippen LogP contribution in [0.1, 0.15) is 30.1 Å². The molecule has 7 heteroatoms. The first-order valence-electron chi connectivity index (χ1n) is 10.4. The van der Waals surface area contributed by atoms with E-state index in [0.29, 0.717) is 30.5 Å². The Hall–Kier alpha value is -1.93. The van der Waals surface area contributed by atoms with Gasteiger partial charge in [0.2, 0.25) is 10.0 Å². The lowest BCUT2D eigenvalue weighted by molar-refractivity contribution is 0.0328.